The first-order valence-electron chi connectivity index (χ1n) is 10.4. The molecule has 0 heterocycles. The second-order valence-corrected chi connectivity index (χ2v) is 8.48. The first-order chi connectivity index (χ1) is 14.0. The molecular formula is C29H26. The minimum absolute atomic E-state index is 0.291. The van der Waals surface area contributed by atoms with Gasteiger partial charge in [0.2, 0.25) is 0 Å². The zero-order valence-corrected chi connectivity index (χ0v) is 17.6. The van der Waals surface area contributed by atoms with Crippen LogP contribution in [0.25, 0.3) is 11.1 Å². The average molecular weight is 375 g/mol. The number of fused-ring (bicyclic) bond motifs is 3. The van der Waals surface area contributed by atoms with Gasteiger partial charge in [-0.2, -0.15) is 0 Å². The number of rotatable bonds is 2. The molecule has 0 saturated carbocycles. The van der Waals surface area contributed by atoms with E-state index in [1.165, 1.54) is 55.6 Å². The van der Waals surface area contributed by atoms with Crippen molar-refractivity contribution in [2.24, 2.45) is 0 Å². The van der Waals surface area contributed by atoms with Gasteiger partial charge in [-0.3, -0.25) is 0 Å². The second kappa shape index (κ2) is 6.46. The molecule has 29 heavy (non-hydrogen) atoms. The van der Waals surface area contributed by atoms with E-state index in [1.54, 1.807) is 0 Å². The van der Waals surface area contributed by atoms with Gasteiger partial charge in [0.1, 0.15) is 0 Å². The van der Waals surface area contributed by atoms with E-state index < -0.39 is 0 Å². The third-order valence-corrected chi connectivity index (χ3v) is 6.55. The van der Waals surface area contributed by atoms with Crippen LogP contribution in [0.15, 0.2) is 84.9 Å². The molecule has 4 aromatic carbocycles. The topological polar surface area (TPSA) is 0 Å². The maximum atomic E-state index is 2.41. The van der Waals surface area contributed by atoms with Crippen molar-refractivity contribution < 1.29 is 0 Å². The molecule has 0 amide bonds. The third kappa shape index (κ3) is 2.45. The molecule has 4 aromatic rings. The van der Waals surface area contributed by atoms with E-state index in [0.29, 0.717) is 0 Å². The van der Waals surface area contributed by atoms with E-state index in [9.17, 15) is 0 Å². The summed E-state index contributed by atoms with van der Waals surface area (Å²) in [5.74, 6) is 0. The molecule has 0 radical (unpaired) electrons. The predicted octanol–water partition coefficient (Wildman–Crippen LogP) is 7.28. The number of benzene rings is 4. The molecule has 142 valence electrons. The van der Waals surface area contributed by atoms with Crippen LogP contribution in [0, 0.1) is 27.7 Å². The Morgan fingerprint density at radius 1 is 0.448 bits per heavy atom. The lowest BCUT2D eigenvalue weighted by Crippen LogP contribution is -2.30. The second-order valence-electron chi connectivity index (χ2n) is 8.48. The van der Waals surface area contributed by atoms with Crippen LogP contribution in [0.1, 0.15) is 44.5 Å². The Balaban J connectivity index is 2.04. The summed E-state index contributed by atoms with van der Waals surface area (Å²) in [7, 11) is 0. The molecule has 0 spiro atoms. The van der Waals surface area contributed by atoms with Gasteiger partial charge < -0.3 is 0 Å². The summed E-state index contributed by atoms with van der Waals surface area (Å²) in [5.41, 5.74) is 13.3. The summed E-state index contributed by atoms with van der Waals surface area (Å²) in [6.07, 6.45) is 0. The fourth-order valence-electron chi connectivity index (χ4n) is 5.27. The van der Waals surface area contributed by atoms with E-state index in [-0.39, 0.29) is 5.41 Å². The van der Waals surface area contributed by atoms with E-state index >= 15 is 0 Å². The van der Waals surface area contributed by atoms with Crippen molar-refractivity contribution in [2.75, 3.05) is 0 Å². The summed E-state index contributed by atoms with van der Waals surface area (Å²) in [5, 5.41) is 0. The maximum absolute atomic E-state index is 2.41. The molecular weight excluding hydrogens is 348 g/mol. The lowest BCUT2D eigenvalue weighted by molar-refractivity contribution is 0.753. The number of hydrogen-bond acceptors (Lipinski definition) is 0. The van der Waals surface area contributed by atoms with Crippen molar-refractivity contribution >= 4 is 0 Å². The monoisotopic (exact) mass is 374 g/mol. The summed E-state index contributed by atoms with van der Waals surface area (Å²) in [4.78, 5) is 0. The van der Waals surface area contributed by atoms with E-state index in [1.807, 2.05) is 0 Å². The van der Waals surface area contributed by atoms with Crippen molar-refractivity contribution in [1.82, 2.24) is 0 Å². The average Bonchev–Trinajstić information content (AvgIpc) is 2.98. The molecule has 0 fully saturated rings. The van der Waals surface area contributed by atoms with Crippen molar-refractivity contribution in [3.05, 3.63) is 129 Å². The molecule has 0 aromatic heterocycles. The highest BCUT2D eigenvalue weighted by Gasteiger charge is 2.47. The van der Waals surface area contributed by atoms with Gasteiger partial charge in [-0.15, -0.1) is 0 Å². The van der Waals surface area contributed by atoms with Crippen LogP contribution in [0.3, 0.4) is 0 Å². The Bertz CT molecular complexity index is 1200. The zero-order valence-electron chi connectivity index (χ0n) is 17.6. The van der Waals surface area contributed by atoms with Crippen LogP contribution < -0.4 is 0 Å². The SMILES string of the molecule is Cc1ccc2c(c1)-c1ccc(C)cc1C2(c1ccccc1C)c1ccccc1C. The van der Waals surface area contributed by atoms with Gasteiger partial charge in [-0.25, -0.2) is 0 Å². The largest absolute Gasteiger partial charge is 0.0718 e. The zero-order chi connectivity index (χ0) is 20.2. The van der Waals surface area contributed by atoms with Gasteiger partial charge in [-0.05, 0) is 72.2 Å². The lowest BCUT2D eigenvalue weighted by atomic mass is 9.65. The summed E-state index contributed by atoms with van der Waals surface area (Å²) in [6, 6.07) is 31.8. The van der Waals surface area contributed by atoms with Crippen molar-refractivity contribution in [2.45, 2.75) is 33.1 Å². The lowest BCUT2D eigenvalue weighted by Gasteiger charge is -2.36. The van der Waals surface area contributed by atoms with Gasteiger partial charge in [0.15, 0.2) is 0 Å². The van der Waals surface area contributed by atoms with Crippen molar-refractivity contribution in [3.8, 4) is 11.1 Å². The molecule has 0 saturated heterocycles. The molecule has 0 heteroatoms. The summed E-state index contributed by atoms with van der Waals surface area (Å²) >= 11 is 0. The highest BCUT2D eigenvalue weighted by atomic mass is 14.5. The Labute approximate surface area is 173 Å². The molecule has 0 unspecified atom stereocenters. The van der Waals surface area contributed by atoms with Gasteiger partial charge >= 0.3 is 0 Å². The maximum Gasteiger partial charge on any atom is 0.0718 e. The summed E-state index contributed by atoms with van der Waals surface area (Å²) < 4.78 is 0. The van der Waals surface area contributed by atoms with Gasteiger partial charge in [0, 0.05) is 0 Å². The Kier molecular flexibility index (Phi) is 3.99. The van der Waals surface area contributed by atoms with Crippen LogP contribution in [0.5, 0.6) is 0 Å². The van der Waals surface area contributed by atoms with Crippen LogP contribution in [0.4, 0.5) is 0 Å². The molecule has 0 aliphatic heterocycles. The Morgan fingerprint density at radius 3 is 1.62 bits per heavy atom. The molecule has 0 atom stereocenters. The molecule has 0 N–H and O–H groups in total. The van der Waals surface area contributed by atoms with Crippen LogP contribution in [0.2, 0.25) is 0 Å². The standard InChI is InChI=1S/C29H26/c1-19-14-16-27-24(17-19)23-15-13-20(2)18-28(23)29(27,25-11-7-5-9-21(25)3)26-12-8-6-10-22(26)4/h5-18H,1-4H3. The van der Waals surface area contributed by atoms with Crippen molar-refractivity contribution in [3.63, 3.8) is 0 Å². The minimum atomic E-state index is -0.291. The van der Waals surface area contributed by atoms with E-state index in [0.717, 1.165) is 0 Å². The fraction of sp³-hybridized carbons (Fsp3) is 0.172. The van der Waals surface area contributed by atoms with Crippen LogP contribution in [-0.4, -0.2) is 0 Å². The van der Waals surface area contributed by atoms with Crippen LogP contribution >= 0.6 is 0 Å². The number of hydrogen-bond donors (Lipinski definition) is 0. The molecule has 1 aliphatic rings. The Hall–Kier alpha value is -3.12. The molecule has 1 aliphatic carbocycles. The van der Waals surface area contributed by atoms with E-state index in [4.69, 9.17) is 0 Å². The minimum Gasteiger partial charge on any atom is -0.0620 e. The van der Waals surface area contributed by atoms with Gasteiger partial charge in [0.05, 0.1) is 5.41 Å². The quantitative estimate of drug-likeness (QED) is 0.304. The Morgan fingerprint density at radius 2 is 1.00 bits per heavy atom. The molecule has 0 bridgehead atoms. The first-order valence-corrected chi connectivity index (χ1v) is 10.4. The number of aryl methyl sites for hydroxylation is 4. The predicted molar refractivity (Wildman–Crippen MR) is 123 cm³/mol. The molecule has 5 rings (SSSR count). The normalized spacial score (nSPS) is 13.8. The third-order valence-electron chi connectivity index (χ3n) is 6.55. The van der Waals surface area contributed by atoms with Gasteiger partial charge in [-0.1, -0.05) is 96.1 Å². The van der Waals surface area contributed by atoms with Crippen molar-refractivity contribution in [1.29, 1.82) is 0 Å². The van der Waals surface area contributed by atoms with E-state index in [2.05, 4.69) is 113 Å². The van der Waals surface area contributed by atoms with Crippen LogP contribution in [-0.2, 0) is 5.41 Å². The fourth-order valence-corrected chi connectivity index (χ4v) is 5.27. The first kappa shape index (κ1) is 17.9. The van der Waals surface area contributed by atoms with Gasteiger partial charge in [0.25, 0.3) is 0 Å². The summed E-state index contributed by atoms with van der Waals surface area (Å²) in [6.45, 7) is 8.89. The molecule has 0 nitrogen and oxygen atoms in total. The highest BCUT2D eigenvalue weighted by Crippen LogP contribution is 2.57. The highest BCUT2D eigenvalue weighted by molar-refractivity contribution is 5.87. The smallest absolute Gasteiger partial charge is 0.0620 e.